The molecule has 1 aliphatic carbocycles. The van der Waals surface area contributed by atoms with Gasteiger partial charge in [0.15, 0.2) is 0 Å². The van der Waals surface area contributed by atoms with Crippen molar-refractivity contribution in [1.29, 1.82) is 0 Å². The number of alkyl halides is 1. The van der Waals surface area contributed by atoms with Crippen molar-refractivity contribution in [3.63, 3.8) is 0 Å². The highest BCUT2D eigenvalue weighted by molar-refractivity contribution is 9.10. The lowest BCUT2D eigenvalue weighted by Gasteiger charge is -2.33. The van der Waals surface area contributed by atoms with E-state index in [1.165, 1.54) is 12.1 Å². The minimum absolute atomic E-state index is 0.0482. The highest BCUT2D eigenvalue weighted by Gasteiger charge is 2.35. The van der Waals surface area contributed by atoms with Gasteiger partial charge < -0.3 is 5.73 Å². The van der Waals surface area contributed by atoms with Gasteiger partial charge in [-0.3, -0.25) is 0 Å². The Morgan fingerprint density at radius 2 is 2.24 bits per heavy atom. The van der Waals surface area contributed by atoms with Crippen molar-refractivity contribution < 1.29 is 8.78 Å². The number of benzene rings is 1. The molecule has 17 heavy (non-hydrogen) atoms. The fourth-order valence-electron chi connectivity index (χ4n) is 2.52. The first-order chi connectivity index (χ1) is 7.98. The Hall–Kier alpha value is -0.480. The zero-order chi connectivity index (χ0) is 12.5. The van der Waals surface area contributed by atoms with Crippen LogP contribution in [0.2, 0.25) is 0 Å². The van der Waals surface area contributed by atoms with E-state index >= 15 is 0 Å². The average Bonchev–Trinajstić information content (AvgIpc) is 2.22. The maximum Gasteiger partial charge on any atom is 0.124 e. The second-order valence-corrected chi connectivity index (χ2v) is 5.77. The third kappa shape index (κ3) is 3.26. The van der Waals surface area contributed by atoms with Gasteiger partial charge in [-0.05, 0) is 43.4 Å². The number of halogens is 3. The summed E-state index contributed by atoms with van der Waals surface area (Å²) in [7, 11) is 0. The quantitative estimate of drug-likeness (QED) is 0.885. The summed E-state index contributed by atoms with van der Waals surface area (Å²) in [6.45, 7) is 0. The Kier molecular flexibility index (Phi) is 3.83. The Balaban J connectivity index is 2.14. The second kappa shape index (κ2) is 5.02. The summed E-state index contributed by atoms with van der Waals surface area (Å²) in [5, 5.41) is 0. The summed E-state index contributed by atoms with van der Waals surface area (Å²) in [5.41, 5.74) is 5.38. The van der Waals surface area contributed by atoms with Gasteiger partial charge in [0.25, 0.3) is 0 Å². The Morgan fingerprint density at radius 3 is 2.88 bits per heavy atom. The van der Waals surface area contributed by atoms with Crippen molar-refractivity contribution in [3.05, 3.63) is 34.1 Å². The Labute approximate surface area is 109 Å². The normalized spacial score (nSPS) is 29.3. The first kappa shape index (κ1) is 13.0. The summed E-state index contributed by atoms with van der Waals surface area (Å²) in [5.74, 6) is -0.311. The van der Waals surface area contributed by atoms with Crippen LogP contribution < -0.4 is 5.73 Å². The highest BCUT2D eigenvalue weighted by Crippen LogP contribution is 2.36. The molecule has 1 fully saturated rings. The van der Waals surface area contributed by atoms with Crippen molar-refractivity contribution in [3.8, 4) is 0 Å². The minimum Gasteiger partial charge on any atom is -0.328 e. The molecule has 0 amide bonds. The molecule has 0 aromatic heterocycles. The molecule has 2 rings (SSSR count). The van der Waals surface area contributed by atoms with Crippen molar-refractivity contribution in [2.24, 2.45) is 5.73 Å². The van der Waals surface area contributed by atoms with E-state index < -0.39 is 5.67 Å². The van der Waals surface area contributed by atoms with Crippen molar-refractivity contribution in [2.75, 3.05) is 0 Å². The van der Waals surface area contributed by atoms with Gasteiger partial charge in [0.2, 0.25) is 0 Å². The molecule has 1 aromatic rings. The van der Waals surface area contributed by atoms with Crippen LogP contribution in [0.15, 0.2) is 22.7 Å². The molecule has 1 nitrogen and oxygen atoms in total. The molecule has 1 saturated carbocycles. The fourth-order valence-corrected chi connectivity index (χ4v) is 3.01. The maximum atomic E-state index is 14.6. The molecule has 94 valence electrons. The zero-order valence-electron chi connectivity index (χ0n) is 9.56. The average molecular weight is 304 g/mol. The third-order valence-corrected chi connectivity index (χ3v) is 4.09. The van der Waals surface area contributed by atoms with Gasteiger partial charge in [0, 0.05) is 16.9 Å². The van der Waals surface area contributed by atoms with Crippen LogP contribution in [0.4, 0.5) is 8.78 Å². The summed E-state index contributed by atoms with van der Waals surface area (Å²) < 4.78 is 28.2. The van der Waals surface area contributed by atoms with Gasteiger partial charge in [0.1, 0.15) is 11.5 Å². The van der Waals surface area contributed by atoms with Crippen molar-refractivity contribution >= 4 is 15.9 Å². The van der Waals surface area contributed by atoms with Crippen LogP contribution in [0.1, 0.15) is 31.2 Å². The van der Waals surface area contributed by atoms with E-state index in [9.17, 15) is 8.78 Å². The molecule has 0 heterocycles. The molecule has 1 aromatic carbocycles. The minimum atomic E-state index is -1.24. The van der Waals surface area contributed by atoms with E-state index in [1.54, 1.807) is 6.07 Å². The molecule has 0 spiro atoms. The second-order valence-electron chi connectivity index (χ2n) is 4.92. The van der Waals surface area contributed by atoms with Gasteiger partial charge in [-0.1, -0.05) is 22.0 Å². The molecule has 2 atom stereocenters. The van der Waals surface area contributed by atoms with E-state index in [0.717, 1.165) is 18.4 Å². The smallest absolute Gasteiger partial charge is 0.124 e. The molecule has 0 radical (unpaired) electrons. The lowest BCUT2D eigenvalue weighted by atomic mass is 9.80. The van der Waals surface area contributed by atoms with E-state index in [-0.39, 0.29) is 11.9 Å². The molecule has 4 heteroatoms. The van der Waals surface area contributed by atoms with Crippen LogP contribution in [0.25, 0.3) is 0 Å². The summed E-state index contributed by atoms with van der Waals surface area (Å²) in [6.07, 6.45) is 2.98. The standard InChI is InChI=1S/C13H16BrF2N/c14-12-6-10(15)4-3-9(12)7-13(16)5-1-2-11(17)8-13/h3-4,6,11H,1-2,5,7-8,17H2. The molecular formula is C13H16BrF2N. The predicted molar refractivity (Wildman–Crippen MR) is 68.1 cm³/mol. The van der Waals surface area contributed by atoms with Crippen LogP contribution >= 0.6 is 15.9 Å². The lowest BCUT2D eigenvalue weighted by molar-refractivity contribution is 0.0963. The van der Waals surface area contributed by atoms with E-state index in [0.29, 0.717) is 23.7 Å². The van der Waals surface area contributed by atoms with Crippen LogP contribution in [-0.4, -0.2) is 11.7 Å². The van der Waals surface area contributed by atoms with Gasteiger partial charge in [-0.25, -0.2) is 8.78 Å². The molecule has 0 bridgehead atoms. The van der Waals surface area contributed by atoms with Crippen LogP contribution in [0.3, 0.4) is 0 Å². The van der Waals surface area contributed by atoms with Gasteiger partial charge in [0.05, 0.1) is 0 Å². The van der Waals surface area contributed by atoms with E-state index in [1.807, 2.05) is 0 Å². The van der Waals surface area contributed by atoms with Gasteiger partial charge in [-0.15, -0.1) is 0 Å². The highest BCUT2D eigenvalue weighted by atomic mass is 79.9. The number of hydrogen-bond donors (Lipinski definition) is 1. The van der Waals surface area contributed by atoms with E-state index in [4.69, 9.17) is 5.73 Å². The number of nitrogens with two attached hydrogens (primary N) is 1. The Morgan fingerprint density at radius 1 is 1.47 bits per heavy atom. The topological polar surface area (TPSA) is 26.0 Å². The van der Waals surface area contributed by atoms with Crippen LogP contribution in [0, 0.1) is 5.82 Å². The van der Waals surface area contributed by atoms with Gasteiger partial charge in [-0.2, -0.15) is 0 Å². The maximum absolute atomic E-state index is 14.6. The van der Waals surface area contributed by atoms with Gasteiger partial charge >= 0.3 is 0 Å². The third-order valence-electron chi connectivity index (χ3n) is 3.35. The molecular weight excluding hydrogens is 288 g/mol. The Bertz CT molecular complexity index is 410. The molecule has 2 N–H and O–H groups in total. The summed E-state index contributed by atoms with van der Waals surface area (Å²) in [6, 6.07) is 4.34. The summed E-state index contributed by atoms with van der Waals surface area (Å²) in [4.78, 5) is 0. The molecule has 0 saturated heterocycles. The van der Waals surface area contributed by atoms with Crippen LogP contribution in [-0.2, 0) is 6.42 Å². The first-order valence-electron chi connectivity index (χ1n) is 5.87. The van der Waals surface area contributed by atoms with Crippen LogP contribution in [0.5, 0.6) is 0 Å². The van der Waals surface area contributed by atoms with Crippen molar-refractivity contribution in [2.45, 2.75) is 43.8 Å². The largest absolute Gasteiger partial charge is 0.328 e. The fraction of sp³-hybridized carbons (Fsp3) is 0.538. The SMILES string of the molecule is NC1CCCC(F)(Cc2ccc(F)cc2Br)C1. The first-order valence-corrected chi connectivity index (χ1v) is 6.66. The number of hydrogen-bond acceptors (Lipinski definition) is 1. The lowest BCUT2D eigenvalue weighted by Crippen LogP contribution is -2.39. The predicted octanol–water partition coefficient (Wildman–Crippen LogP) is 3.74. The van der Waals surface area contributed by atoms with E-state index in [2.05, 4.69) is 15.9 Å². The molecule has 1 aliphatic rings. The molecule has 2 unspecified atom stereocenters. The zero-order valence-corrected chi connectivity index (χ0v) is 11.1. The van der Waals surface area contributed by atoms with Crippen molar-refractivity contribution in [1.82, 2.24) is 0 Å². The monoisotopic (exact) mass is 303 g/mol. The summed E-state index contributed by atoms with van der Waals surface area (Å²) >= 11 is 3.28. The number of rotatable bonds is 2. The molecule has 0 aliphatic heterocycles.